The van der Waals surface area contributed by atoms with Crippen LogP contribution in [0.3, 0.4) is 0 Å². The van der Waals surface area contributed by atoms with Crippen LogP contribution in [0.1, 0.15) is 30.1 Å². The van der Waals surface area contributed by atoms with E-state index >= 15 is 0 Å². The number of thiazole rings is 1. The van der Waals surface area contributed by atoms with Gasteiger partial charge in [-0.1, -0.05) is 13.0 Å². The van der Waals surface area contributed by atoms with Crippen LogP contribution < -0.4 is 20.1 Å². The smallest absolute Gasteiger partial charge is 0.231 e. The Labute approximate surface area is 152 Å². The first-order valence-corrected chi connectivity index (χ1v) is 9.50. The van der Waals surface area contributed by atoms with Crippen molar-refractivity contribution >= 4 is 17.3 Å². The quantitative estimate of drug-likeness (QED) is 0.587. The van der Waals surface area contributed by atoms with Gasteiger partial charge in [-0.3, -0.25) is 0 Å². The number of guanidine groups is 1. The molecule has 2 heterocycles. The molecule has 2 aromatic rings. The highest BCUT2D eigenvalue weighted by Gasteiger charge is 2.12. The molecule has 1 aromatic heterocycles. The van der Waals surface area contributed by atoms with Crippen LogP contribution in [0.4, 0.5) is 0 Å². The van der Waals surface area contributed by atoms with E-state index in [4.69, 9.17) is 9.47 Å². The monoisotopic (exact) mass is 360 g/mol. The van der Waals surface area contributed by atoms with E-state index in [1.165, 1.54) is 5.56 Å². The standard InChI is InChI=1S/C18H24N4O2S/c1-3-17-22-14(11-25-17)10-21-18(19-4-2)20-8-7-13-5-6-15-16(9-13)24-12-23-15/h5-6,9,11H,3-4,7-8,10,12H2,1-2H3,(H2,19,20,21). The summed E-state index contributed by atoms with van der Waals surface area (Å²) in [5.74, 6) is 2.46. The lowest BCUT2D eigenvalue weighted by atomic mass is 10.1. The summed E-state index contributed by atoms with van der Waals surface area (Å²) in [4.78, 5) is 9.17. The maximum atomic E-state index is 5.42. The molecule has 0 radical (unpaired) electrons. The number of benzene rings is 1. The minimum atomic E-state index is 0.310. The number of hydrogen-bond acceptors (Lipinski definition) is 5. The molecule has 0 bridgehead atoms. The van der Waals surface area contributed by atoms with Crippen molar-refractivity contribution in [3.8, 4) is 11.5 Å². The van der Waals surface area contributed by atoms with Gasteiger partial charge in [0.25, 0.3) is 0 Å². The van der Waals surface area contributed by atoms with Crippen molar-refractivity contribution in [3.63, 3.8) is 0 Å². The van der Waals surface area contributed by atoms with Gasteiger partial charge in [-0.2, -0.15) is 0 Å². The van der Waals surface area contributed by atoms with Gasteiger partial charge in [-0.25, -0.2) is 9.98 Å². The molecular formula is C18H24N4O2S. The number of rotatable bonds is 7. The van der Waals surface area contributed by atoms with E-state index in [-0.39, 0.29) is 0 Å². The molecule has 0 unspecified atom stereocenters. The van der Waals surface area contributed by atoms with Crippen molar-refractivity contribution in [2.24, 2.45) is 4.99 Å². The Kier molecular flexibility index (Phi) is 6.11. The zero-order chi connectivity index (χ0) is 17.5. The van der Waals surface area contributed by atoms with Gasteiger partial charge in [-0.15, -0.1) is 11.3 Å². The predicted molar refractivity (Wildman–Crippen MR) is 101 cm³/mol. The molecule has 0 aliphatic carbocycles. The highest BCUT2D eigenvalue weighted by molar-refractivity contribution is 7.09. The highest BCUT2D eigenvalue weighted by Crippen LogP contribution is 2.32. The Hall–Kier alpha value is -2.28. The molecule has 1 aliphatic rings. The molecule has 0 saturated heterocycles. The van der Waals surface area contributed by atoms with E-state index in [0.29, 0.717) is 13.3 Å². The maximum absolute atomic E-state index is 5.42. The minimum absolute atomic E-state index is 0.310. The first-order valence-electron chi connectivity index (χ1n) is 8.62. The van der Waals surface area contributed by atoms with Crippen LogP contribution in [0.2, 0.25) is 0 Å². The van der Waals surface area contributed by atoms with E-state index in [9.17, 15) is 0 Å². The average molecular weight is 360 g/mol. The molecule has 3 rings (SSSR count). The van der Waals surface area contributed by atoms with E-state index in [2.05, 4.69) is 45.9 Å². The zero-order valence-corrected chi connectivity index (χ0v) is 15.5. The normalized spacial score (nSPS) is 13.1. The number of aromatic nitrogens is 1. The Morgan fingerprint density at radius 3 is 2.92 bits per heavy atom. The molecule has 2 N–H and O–H groups in total. The fraction of sp³-hybridized carbons (Fsp3) is 0.444. The summed E-state index contributed by atoms with van der Waals surface area (Å²) in [5.41, 5.74) is 2.23. The van der Waals surface area contributed by atoms with E-state index in [0.717, 1.165) is 54.1 Å². The molecule has 134 valence electrons. The van der Waals surface area contributed by atoms with E-state index in [1.54, 1.807) is 11.3 Å². The summed E-state index contributed by atoms with van der Waals surface area (Å²) in [6, 6.07) is 6.07. The number of aliphatic imine (C=N–C) groups is 1. The third kappa shape index (κ3) is 4.85. The van der Waals surface area contributed by atoms with E-state index in [1.807, 2.05) is 12.1 Å². The molecule has 0 atom stereocenters. The van der Waals surface area contributed by atoms with Crippen LogP contribution in [0.15, 0.2) is 28.6 Å². The van der Waals surface area contributed by atoms with Gasteiger partial charge in [0.15, 0.2) is 17.5 Å². The van der Waals surface area contributed by atoms with Crippen molar-refractivity contribution in [3.05, 3.63) is 39.8 Å². The average Bonchev–Trinajstić information content (AvgIpc) is 3.28. The van der Waals surface area contributed by atoms with Crippen molar-refractivity contribution < 1.29 is 9.47 Å². The van der Waals surface area contributed by atoms with Gasteiger partial charge in [-0.05, 0) is 37.5 Å². The third-order valence-corrected chi connectivity index (χ3v) is 4.83. The summed E-state index contributed by atoms with van der Waals surface area (Å²) < 4.78 is 10.8. The van der Waals surface area contributed by atoms with Crippen molar-refractivity contribution in [1.82, 2.24) is 15.6 Å². The second kappa shape index (κ2) is 8.71. The Balaban J connectivity index is 1.51. The minimum Gasteiger partial charge on any atom is -0.454 e. The van der Waals surface area contributed by atoms with Gasteiger partial charge >= 0.3 is 0 Å². The largest absolute Gasteiger partial charge is 0.454 e. The van der Waals surface area contributed by atoms with Crippen LogP contribution in [0.25, 0.3) is 0 Å². The molecule has 0 fully saturated rings. The number of hydrogen-bond donors (Lipinski definition) is 2. The van der Waals surface area contributed by atoms with Crippen LogP contribution in [0.5, 0.6) is 11.5 Å². The van der Waals surface area contributed by atoms with Crippen molar-refractivity contribution in [2.45, 2.75) is 33.2 Å². The molecule has 6 nitrogen and oxygen atoms in total. The molecule has 1 aliphatic heterocycles. The number of nitrogens with one attached hydrogen (secondary N) is 2. The Morgan fingerprint density at radius 1 is 1.24 bits per heavy atom. The van der Waals surface area contributed by atoms with Crippen LogP contribution in [-0.2, 0) is 19.4 Å². The lowest BCUT2D eigenvalue weighted by Crippen LogP contribution is -2.38. The second-order valence-corrected chi connectivity index (χ2v) is 6.59. The number of fused-ring (bicyclic) bond motifs is 1. The number of aryl methyl sites for hydroxylation is 1. The number of ether oxygens (including phenoxy) is 2. The molecule has 25 heavy (non-hydrogen) atoms. The van der Waals surface area contributed by atoms with Crippen LogP contribution in [-0.4, -0.2) is 30.8 Å². The zero-order valence-electron chi connectivity index (χ0n) is 14.7. The lowest BCUT2D eigenvalue weighted by molar-refractivity contribution is 0.174. The molecule has 0 spiro atoms. The summed E-state index contributed by atoms with van der Waals surface area (Å²) in [6.07, 6.45) is 1.86. The fourth-order valence-corrected chi connectivity index (χ4v) is 3.24. The van der Waals surface area contributed by atoms with Gasteiger partial charge in [0, 0.05) is 18.5 Å². The summed E-state index contributed by atoms with van der Waals surface area (Å²) in [5, 5.41) is 9.88. The maximum Gasteiger partial charge on any atom is 0.231 e. The van der Waals surface area contributed by atoms with Crippen LogP contribution in [0, 0.1) is 0 Å². The Bertz CT molecular complexity index is 730. The molecule has 1 aromatic carbocycles. The van der Waals surface area contributed by atoms with Crippen molar-refractivity contribution in [1.29, 1.82) is 0 Å². The number of nitrogens with zero attached hydrogens (tertiary/aromatic N) is 2. The SMILES string of the molecule is CCNC(=NCc1csc(CC)n1)NCCc1ccc2c(c1)OCO2. The first-order chi connectivity index (χ1) is 12.3. The van der Waals surface area contributed by atoms with Gasteiger partial charge in [0.2, 0.25) is 6.79 Å². The lowest BCUT2D eigenvalue weighted by Gasteiger charge is -2.11. The fourth-order valence-electron chi connectivity index (χ4n) is 2.51. The Morgan fingerprint density at radius 2 is 2.12 bits per heavy atom. The predicted octanol–water partition coefficient (Wildman–Crippen LogP) is 2.73. The highest BCUT2D eigenvalue weighted by atomic mass is 32.1. The molecule has 0 saturated carbocycles. The third-order valence-electron chi connectivity index (χ3n) is 3.79. The molecule has 7 heteroatoms. The van der Waals surface area contributed by atoms with Gasteiger partial charge in [0.1, 0.15) is 0 Å². The van der Waals surface area contributed by atoms with Gasteiger partial charge < -0.3 is 20.1 Å². The van der Waals surface area contributed by atoms with Gasteiger partial charge in [0.05, 0.1) is 17.2 Å². The second-order valence-electron chi connectivity index (χ2n) is 5.65. The summed E-state index contributed by atoms with van der Waals surface area (Å²) in [6.45, 7) is 6.71. The summed E-state index contributed by atoms with van der Waals surface area (Å²) in [7, 11) is 0. The van der Waals surface area contributed by atoms with Crippen molar-refractivity contribution in [2.75, 3.05) is 19.9 Å². The molecular weight excluding hydrogens is 336 g/mol. The van der Waals surface area contributed by atoms with E-state index < -0.39 is 0 Å². The van der Waals surface area contributed by atoms with Crippen LogP contribution >= 0.6 is 11.3 Å². The first kappa shape index (κ1) is 17.5. The molecule has 0 amide bonds. The summed E-state index contributed by atoms with van der Waals surface area (Å²) >= 11 is 1.70. The topological polar surface area (TPSA) is 67.8 Å².